The Morgan fingerprint density at radius 3 is 1.19 bits per heavy atom. The molecule has 8 heteroatoms. The molecular formula is C40H40N2O6. The molecule has 0 radical (unpaired) electrons. The van der Waals surface area contributed by atoms with Gasteiger partial charge in [0.05, 0.1) is 51.0 Å². The molecule has 0 bridgehead atoms. The average molecular weight is 645 g/mol. The van der Waals surface area contributed by atoms with E-state index in [1.165, 1.54) is 0 Å². The molecule has 4 aromatic carbocycles. The van der Waals surface area contributed by atoms with E-state index in [1.54, 1.807) is 12.4 Å². The minimum atomic E-state index is 0.349. The molecule has 1 aromatic heterocycles. The first-order valence-electron chi connectivity index (χ1n) is 16.8. The van der Waals surface area contributed by atoms with Crippen molar-refractivity contribution in [1.82, 2.24) is 9.97 Å². The van der Waals surface area contributed by atoms with Gasteiger partial charge < -0.3 is 28.4 Å². The normalized spacial score (nSPS) is 16.2. The number of rotatable bonds is 18. The molecule has 0 N–H and O–H groups in total. The van der Waals surface area contributed by atoms with Crippen molar-refractivity contribution < 1.29 is 28.4 Å². The van der Waals surface area contributed by atoms with Crippen LogP contribution in [0.4, 0.5) is 0 Å². The lowest BCUT2D eigenvalue weighted by Gasteiger charge is -2.10. The van der Waals surface area contributed by atoms with E-state index in [0.717, 1.165) is 98.7 Å². The molecule has 246 valence electrons. The lowest BCUT2D eigenvalue weighted by molar-refractivity contribution is 0.299. The van der Waals surface area contributed by atoms with Crippen molar-refractivity contribution in [2.24, 2.45) is 0 Å². The van der Waals surface area contributed by atoms with Gasteiger partial charge in [0, 0.05) is 0 Å². The Morgan fingerprint density at radius 1 is 0.479 bits per heavy atom. The standard InChI is InChI=1S/C40H40N2O6/c1(5-37-27-45-37)3-23-43-33-15-7-29(8-16-33)31-11-19-35(20-12-31)47-39-25-41-26-40(42-39)48-36-21-13-32(14-22-36)30-9-17-34(18-10-30)44-24-4-2-6-38-28-46-38/h7-22,25-26,37-38H,1-6,23-24,27-28H2. The summed E-state index contributed by atoms with van der Waals surface area (Å²) in [6.07, 6.45) is 10.7. The number of ether oxygens (including phenoxy) is 6. The van der Waals surface area contributed by atoms with Crippen LogP contribution in [0.25, 0.3) is 22.3 Å². The highest BCUT2D eigenvalue weighted by Gasteiger charge is 2.21. The third-order valence-corrected chi connectivity index (χ3v) is 8.30. The molecule has 2 fully saturated rings. The number of unbranched alkanes of at least 4 members (excludes halogenated alkanes) is 2. The Morgan fingerprint density at radius 2 is 0.833 bits per heavy atom. The van der Waals surface area contributed by atoms with Gasteiger partial charge in [-0.25, -0.2) is 0 Å². The van der Waals surface area contributed by atoms with Crippen molar-refractivity contribution >= 4 is 0 Å². The quantitative estimate of drug-likeness (QED) is 0.0689. The first-order valence-corrected chi connectivity index (χ1v) is 16.8. The molecule has 48 heavy (non-hydrogen) atoms. The summed E-state index contributed by atoms with van der Waals surface area (Å²) < 4.78 is 34.3. The molecule has 2 saturated heterocycles. The molecule has 3 heterocycles. The lowest BCUT2D eigenvalue weighted by atomic mass is 10.1. The second-order valence-corrected chi connectivity index (χ2v) is 12.1. The molecule has 2 aliphatic heterocycles. The first kappa shape index (κ1) is 31.7. The summed E-state index contributed by atoms with van der Waals surface area (Å²) in [6.45, 7) is 3.30. The number of hydrogen-bond acceptors (Lipinski definition) is 8. The van der Waals surface area contributed by atoms with Gasteiger partial charge in [-0.05, 0) is 109 Å². The maximum absolute atomic E-state index is 5.99. The highest BCUT2D eigenvalue weighted by atomic mass is 16.6. The van der Waals surface area contributed by atoms with Crippen LogP contribution in [0.3, 0.4) is 0 Å². The van der Waals surface area contributed by atoms with Crippen LogP contribution < -0.4 is 18.9 Å². The first-order chi connectivity index (χ1) is 23.7. The SMILES string of the molecule is c1cc(-c2ccc(Oc3cncc(Oc4ccc(-c5ccc(OCCCCC6CO6)cc5)cc4)n3)cc2)ccc1OCCCCC1CO1. The van der Waals surface area contributed by atoms with E-state index >= 15 is 0 Å². The molecule has 8 nitrogen and oxygen atoms in total. The van der Waals surface area contributed by atoms with Crippen molar-refractivity contribution in [1.29, 1.82) is 0 Å². The topological polar surface area (TPSA) is 87.8 Å². The Hall–Kier alpha value is -4.92. The number of hydrogen-bond donors (Lipinski definition) is 0. The fraction of sp³-hybridized carbons (Fsp3) is 0.300. The van der Waals surface area contributed by atoms with Gasteiger partial charge in [0.15, 0.2) is 0 Å². The van der Waals surface area contributed by atoms with E-state index in [0.29, 0.717) is 35.5 Å². The summed E-state index contributed by atoms with van der Waals surface area (Å²) in [5.74, 6) is 3.78. The summed E-state index contributed by atoms with van der Waals surface area (Å²) in [5, 5.41) is 0. The highest BCUT2D eigenvalue weighted by Crippen LogP contribution is 2.30. The number of epoxide rings is 2. The van der Waals surface area contributed by atoms with Crippen LogP contribution in [0.1, 0.15) is 38.5 Å². The number of aromatic nitrogens is 2. The minimum Gasteiger partial charge on any atom is -0.494 e. The summed E-state index contributed by atoms with van der Waals surface area (Å²) in [6, 6.07) is 32.1. The van der Waals surface area contributed by atoms with E-state index < -0.39 is 0 Å². The minimum absolute atomic E-state index is 0.349. The van der Waals surface area contributed by atoms with Crippen LogP contribution in [0.15, 0.2) is 109 Å². The monoisotopic (exact) mass is 644 g/mol. The lowest BCUT2D eigenvalue weighted by Crippen LogP contribution is -1.98. The van der Waals surface area contributed by atoms with Crippen molar-refractivity contribution in [3.8, 4) is 57.0 Å². The third-order valence-electron chi connectivity index (χ3n) is 8.30. The van der Waals surface area contributed by atoms with E-state index in [-0.39, 0.29) is 0 Å². The van der Waals surface area contributed by atoms with Crippen molar-refractivity contribution in [2.75, 3.05) is 26.4 Å². The third kappa shape index (κ3) is 9.56. The molecule has 0 spiro atoms. The fourth-order valence-corrected chi connectivity index (χ4v) is 5.39. The fourth-order valence-electron chi connectivity index (χ4n) is 5.39. The van der Waals surface area contributed by atoms with Gasteiger partial charge in [-0.3, -0.25) is 4.98 Å². The van der Waals surface area contributed by atoms with Crippen LogP contribution in [0.2, 0.25) is 0 Å². The Bertz CT molecular complexity index is 1590. The highest BCUT2D eigenvalue weighted by molar-refractivity contribution is 5.66. The van der Waals surface area contributed by atoms with Gasteiger partial charge in [-0.15, -0.1) is 0 Å². The van der Waals surface area contributed by atoms with Gasteiger partial charge in [0.25, 0.3) is 0 Å². The number of benzene rings is 4. The molecule has 2 aliphatic rings. The van der Waals surface area contributed by atoms with Gasteiger partial charge in [0.2, 0.25) is 11.8 Å². The summed E-state index contributed by atoms with van der Waals surface area (Å²) in [5.41, 5.74) is 4.38. The zero-order valence-electron chi connectivity index (χ0n) is 27.0. The van der Waals surface area contributed by atoms with Gasteiger partial charge >= 0.3 is 0 Å². The average Bonchev–Trinajstić information content (AvgIpc) is 4.07. The summed E-state index contributed by atoms with van der Waals surface area (Å²) in [4.78, 5) is 8.75. The molecule has 7 rings (SSSR count). The molecule has 5 aromatic rings. The van der Waals surface area contributed by atoms with Crippen LogP contribution in [-0.4, -0.2) is 48.6 Å². The molecular weight excluding hydrogens is 604 g/mol. The molecule has 0 amide bonds. The zero-order valence-corrected chi connectivity index (χ0v) is 27.0. The van der Waals surface area contributed by atoms with Crippen molar-refractivity contribution in [2.45, 2.75) is 50.7 Å². The predicted octanol–water partition coefficient (Wildman–Crippen LogP) is 9.29. The molecule has 0 aliphatic carbocycles. The van der Waals surface area contributed by atoms with Crippen molar-refractivity contribution in [3.05, 3.63) is 109 Å². The van der Waals surface area contributed by atoms with Gasteiger partial charge in [-0.1, -0.05) is 48.5 Å². The smallest absolute Gasteiger partial charge is 0.241 e. The second-order valence-electron chi connectivity index (χ2n) is 12.1. The number of nitrogens with zero attached hydrogens (tertiary/aromatic N) is 2. The summed E-state index contributed by atoms with van der Waals surface area (Å²) in [7, 11) is 0. The van der Waals surface area contributed by atoms with Crippen molar-refractivity contribution in [3.63, 3.8) is 0 Å². The Kier molecular flexibility index (Phi) is 10.4. The second kappa shape index (κ2) is 15.8. The van der Waals surface area contributed by atoms with E-state index in [2.05, 4.69) is 34.2 Å². The maximum atomic E-state index is 5.99. The maximum Gasteiger partial charge on any atom is 0.241 e. The molecule has 2 unspecified atom stereocenters. The Labute approximate surface area is 281 Å². The van der Waals surface area contributed by atoms with E-state index in [1.807, 2.05) is 72.8 Å². The largest absolute Gasteiger partial charge is 0.494 e. The van der Waals surface area contributed by atoms with Crippen LogP contribution in [-0.2, 0) is 9.47 Å². The molecule has 0 saturated carbocycles. The van der Waals surface area contributed by atoms with Gasteiger partial charge in [-0.2, -0.15) is 4.98 Å². The van der Waals surface area contributed by atoms with Crippen LogP contribution in [0.5, 0.6) is 34.8 Å². The van der Waals surface area contributed by atoms with E-state index in [4.69, 9.17) is 28.4 Å². The van der Waals surface area contributed by atoms with E-state index in [9.17, 15) is 0 Å². The predicted molar refractivity (Wildman–Crippen MR) is 184 cm³/mol. The van der Waals surface area contributed by atoms with Crippen LogP contribution in [0, 0.1) is 0 Å². The Balaban J connectivity index is 0.870. The molecule has 2 atom stereocenters. The summed E-state index contributed by atoms with van der Waals surface area (Å²) >= 11 is 0. The van der Waals surface area contributed by atoms with Crippen LogP contribution >= 0.6 is 0 Å². The van der Waals surface area contributed by atoms with Gasteiger partial charge in [0.1, 0.15) is 23.0 Å². The zero-order chi connectivity index (χ0) is 32.4.